The summed E-state index contributed by atoms with van der Waals surface area (Å²) >= 11 is 0. The van der Waals surface area contributed by atoms with E-state index in [9.17, 15) is 18.0 Å². The average molecular weight is 322 g/mol. The number of carbonyl (C=O) groups is 2. The topological polar surface area (TPSA) is 83.6 Å². The molecule has 0 aromatic heterocycles. The molecule has 0 bridgehead atoms. The quantitative estimate of drug-likeness (QED) is 0.815. The smallest absolute Gasteiger partial charge is 0.251 e. The lowest BCUT2D eigenvalue weighted by Gasteiger charge is -2.18. The fourth-order valence-corrected chi connectivity index (χ4v) is 4.62. The summed E-state index contributed by atoms with van der Waals surface area (Å²) in [6.45, 7) is 1.93. The molecule has 2 amide bonds. The van der Waals surface area contributed by atoms with E-state index in [0.717, 1.165) is 5.56 Å². The van der Waals surface area contributed by atoms with Crippen molar-refractivity contribution >= 4 is 27.3 Å². The Labute approximate surface area is 129 Å². The van der Waals surface area contributed by atoms with Gasteiger partial charge in [-0.15, -0.1) is 0 Å². The number of sulfone groups is 1. The predicted octanol–water partition coefficient (Wildman–Crippen LogP) is 0.404. The number of benzene rings is 1. The largest absolute Gasteiger partial charge is 0.302 e. The van der Waals surface area contributed by atoms with E-state index >= 15 is 0 Å². The van der Waals surface area contributed by atoms with Crippen LogP contribution in [0.4, 0.5) is 5.69 Å². The second-order valence-corrected chi connectivity index (χ2v) is 8.15. The molecule has 2 atom stereocenters. The molecule has 0 saturated carbocycles. The fraction of sp³-hybridized carbons (Fsp3) is 0.467. The SMILES string of the molecule is Cc1ccc(N2C(=O)CC(NC3CCS(=O)(=O)C3)C2=O)cc1. The van der Waals surface area contributed by atoms with Crippen molar-refractivity contribution < 1.29 is 18.0 Å². The second kappa shape index (κ2) is 5.48. The van der Waals surface area contributed by atoms with Crippen molar-refractivity contribution in [2.45, 2.75) is 31.8 Å². The highest BCUT2D eigenvalue weighted by Crippen LogP contribution is 2.24. The zero-order valence-electron chi connectivity index (χ0n) is 12.3. The van der Waals surface area contributed by atoms with Crippen molar-refractivity contribution in [2.24, 2.45) is 0 Å². The molecule has 0 radical (unpaired) electrons. The molecular weight excluding hydrogens is 304 g/mol. The molecule has 2 heterocycles. The summed E-state index contributed by atoms with van der Waals surface area (Å²) in [7, 11) is -3.01. The zero-order chi connectivity index (χ0) is 15.9. The summed E-state index contributed by atoms with van der Waals surface area (Å²) in [4.78, 5) is 25.8. The van der Waals surface area contributed by atoms with E-state index in [1.165, 1.54) is 4.90 Å². The van der Waals surface area contributed by atoms with Crippen LogP contribution < -0.4 is 10.2 Å². The summed E-state index contributed by atoms with van der Waals surface area (Å²) in [5, 5.41) is 3.03. The molecule has 1 aromatic carbocycles. The lowest BCUT2D eigenvalue weighted by atomic mass is 10.2. The number of aryl methyl sites for hydroxylation is 1. The van der Waals surface area contributed by atoms with E-state index < -0.39 is 15.9 Å². The molecule has 2 aliphatic heterocycles. The third-order valence-corrected chi connectivity index (χ3v) is 5.88. The van der Waals surface area contributed by atoms with Crippen LogP contribution in [0.2, 0.25) is 0 Å². The van der Waals surface area contributed by atoms with Gasteiger partial charge in [0.1, 0.15) is 0 Å². The first-order valence-corrected chi connectivity index (χ1v) is 9.08. The van der Waals surface area contributed by atoms with E-state index in [1.54, 1.807) is 12.1 Å². The van der Waals surface area contributed by atoms with Crippen molar-refractivity contribution in [3.63, 3.8) is 0 Å². The lowest BCUT2D eigenvalue weighted by Crippen LogP contribution is -2.44. The number of anilines is 1. The number of nitrogens with one attached hydrogen (secondary N) is 1. The normalized spacial score (nSPS) is 27.6. The molecule has 2 saturated heterocycles. The monoisotopic (exact) mass is 322 g/mol. The zero-order valence-corrected chi connectivity index (χ0v) is 13.1. The summed E-state index contributed by atoms with van der Waals surface area (Å²) in [6, 6.07) is 6.30. The first-order chi connectivity index (χ1) is 10.4. The van der Waals surface area contributed by atoms with E-state index in [1.807, 2.05) is 19.1 Å². The molecule has 2 fully saturated rings. The van der Waals surface area contributed by atoms with Gasteiger partial charge in [0, 0.05) is 6.04 Å². The van der Waals surface area contributed by atoms with Crippen molar-refractivity contribution in [3.8, 4) is 0 Å². The van der Waals surface area contributed by atoms with Gasteiger partial charge < -0.3 is 5.32 Å². The van der Waals surface area contributed by atoms with Gasteiger partial charge in [-0.25, -0.2) is 13.3 Å². The standard InChI is InChI=1S/C15H18N2O4S/c1-10-2-4-12(5-3-10)17-14(18)8-13(15(17)19)16-11-6-7-22(20,21)9-11/h2-5,11,13,16H,6-9H2,1H3. The Balaban J connectivity index is 1.73. The van der Waals surface area contributed by atoms with Crippen LogP contribution in [0.15, 0.2) is 24.3 Å². The lowest BCUT2D eigenvalue weighted by molar-refractivity contribution is -0.121. The van der Waals surface area contributed by atoms with Gasteiger partial charge in [-0.1, -0.05) is 17.7 Å². The number of rotatable bonds is 3. The van der Waals surface area contributed by atoms with Gasteiger partial charge in [-0.2, -0.15) is 0 Å². The molecule has 22 heavy (non-hydrogen) atoms. The molecule has 6 nitrogen and oxygen atoms in total. The van der Waals surface area contributed by atoms with E-state index in [2.05, 4.69) is 5.32 Å². The highest BCUT2D eigenvalue weighted by atomic mass is 32.2. The van der Waals surface area contributed by atoms with Gasteiger partial charge in [0.25, 0.3) is 5.91 Å². The van der Waals surface area contributed by atoms with Crippen LogP contribution in [0.5, 0.6) is 0 Å². The van der Waals surface area contributed by atoms with Gasteiger partial charge in [0.05, 0.1) is 29.7 Å². The van der Waals surface area contributed by atoms with Gasteiger partial charge >= 0.3 is 0 Å². The van der Waals surface area contributed by atoms with Crippen LogP contribution in [0, 0.1) is 6.92 Å². The molecule has 0 aliphatic carbocycles. The van der Waals surface area contributed by atoms with Crippen molar-refractivity contribution in [3.05, 3.63) is 29.8 Å². The Hall–Kier alpha value is -1.73. The number of amides is 2. The Kier molecular flexibility index (Phi) is 3.78. The highest BCUT2D eigenvalue weighted by molar-refractivity contribution is 7.91. The third kappa shape index (κ3) is 2.91. The molecule has 1 N–H and O–H groups in total. The Bertz CT molecular complexity index is 712. The van der Waals surface area contributed by atoms with Crippen LogP contribution in [0.3, 0.4) is 0 Å². The first kappa shape index (κ1) is 15.2. The van der Waals surface area contributed by atoms with Crippen molar-refractivity contribution in [2.75, 3.05) is 16.4 Å². The van der Waals surface area contributed by atoms with Crippen LogP contribution in [-0.2, 0) is 19.4 Å². The van der Waals surface area contributed by atoms with Crippen LogP contribution in [0.25, 0.3) is 0 Å². The predicted molar refractivity (Wildman–Crippen MR) is 82.3 cm³/mol. The Morgan fingerprint density at radius 2 is 1.86 bits per heavy atom. The summed E-state index contributed by atoms with van der Waals surface area (Å²) in [5.41, 5.74) is 1.61. The van der Waals surface area contributed by atoms with Gasteiger partial charge in [0.15, 0.2) is 9.84 Å². The number of carbonyl (C=O) groups excluding carboxylic acids is 2. The Morgan fingerprint density at radius 3 is 2.45 bits per heavy atom. The molecule has 7 heteroatoms. The highest BCUT2D eigenvalue weighted by Gasteiger charge is 2.41. The van der Waals surface area contributed by atoms with Crippen molar-refractivity contribution in [1.82, 2.24) is 5.32 Å². The van der Waals surface area contributed by atoms with E-state index in [-0.39, 0.29) is 35.8 Å². The number of imide groups is 1. The molecule has 2 unspecified atom stereocenters. The van der Waals surface area contributed by atoms with Crippen molar-refractivity contribution in [1.29, 1.82) is 0 Å². The summed E-state index contributed by atoms with van der Waals surface area (Å²) < 4.78 is 23.0. The molecule has 118 valence electrons. The van der Waals surface area contributed by atoms with Gasteiger partial charge in [0.2, 0.25) is 5.91 Å². The Morgan fingerprint density at radius 1 is 1.18 bits per heavy atom. The average Bonchev–Trinajstić information content (AvgIpc) is 2.92. The maximum Gasteiger partial charge on any atom is 0.251 e. The van der Waals surface area contributed by atoms with Crippen LogP contribution >= 0.6 is 0 Å². The maximum atomic E-state index is 12.4. The van der Waals surface area contributed by atoms with Gasteiger partial charge in [-0.05, 0) is 25.5 Å². The number of hydrogen-bond acceptors (Lipinski definition) is 5. The summed E-state index contributed by atoms with van der Waals surface area (Å²) in [5.74, 6) is -0.387. The number of nitrogens with zero attached hydrogens (tertiary/aromatic N) is 1. The molecule has 0 spiro atoms. The van der Waals surface area contributed by atoms with E-state index in [0.29, 0.717) is 12.1 Å². The molecule has 2 aliphatic rings. The minimum Gasteiger partial charge on any atom is -0.302 e. The minimum atomic E-state index is -3.01. The molecule has 3 rings (SSSR count). The summed E-state index contributed by atoms with van der Waals surface area (Å²) in [6.07, 6.45) is 0.564. The second-order valence-electron chi connectivity index (χ2n) is 5.93. The first-order valence-electron chi connectivity index (χ1n) is 7.26. The molecular formula is C15H18N2O4S. The van der Waals surface area contributed by atoms with Gasteiger partial charge in [-0.3, -0.25) is 9.59 Å². The number of hydrogen-bond donors (Lipinski definition) is 1. The molecule has 1 aromatic rings. The third-order valence-electron chi connectivity index (χ3n) is 4.11. The van der Waals surface area contributed by atoms with Crippen LogP contribution in [0.1, 0.15) is 18.4 Å². The van der Waals surface area contributed by atoms with Crippen LogP contribution in [-0.4, -0.2) is 43.8 Å². The fourth-order valence-electron chi connectivity index (χ4n) is 2.94. The van der Waals surface area contributed by atoms with E-state index in [4.69, 9.17) is 0 Å². The maximum absolute atomic E-state index is 12.4. The minimum absolute atomic E-state index is 0.0372.